The molecule has 3 N–H and O–H groups in total. The van der Waals surface area contributed by atoms with E-state index in [4.69, 9.17) is 23.8 Å². The van der Waals surface area contributed by atoms with Gasteiger partial charge in [0.25, 0.3) is 5.91 Å². The van der Waals surface area contributed by atoms with Crippen molar-refractivity contribution >= 4 is 34.8 Å². The maximum atomic E-state index is 11.8. The fourth-order valence-corrected chi connectivity index (χ4v) is 2.07. The van der Waals surface area contributed by atoms with Crippen molar-refractivity contribution in [2.24, 2.45) is 0 Å². The molecule has 0 heterocycles. The molecule has 0 fully saturated rings. The second-order valence-corrected chi connectivity index (χ2v) is 5.42. The fourth-order valence-electron chi connectivity index (χ4n) is 1.79. The Balaban J connectivity index is 1.68. The van der Waals surface area contributed by atoms with Crippen molar-refractivity contribution in [2.75, 3.05) is 6.54 Å². The van der Waals surface area contributed by atoms with Gasteiger partial charge in [0, 0.05) is 17.1 Å². The van der Waals surface area contributed by atoms with Gasteiger partial charge >= 0.3 is 0 Å². The summed E-state index contributed by atoms with van der Waals surface area (Å²) in [4.78, 5) is 11.8. The maximum Gasteiger partial charge on any atom is 0.269 e. The molecule has 4 nitrogen and oxygen atoms in total. The SMILES string of the molecule is O=C(NNC(=S)NCCc1ccc(Cl)cc1)c1ccccc1. The number of hydrogen-bond acceptors (Lipinski definition) is 2. The molecule has 2 aromatic rings. The molecule has 0 aliphatic heterocycles. The second kappa shape index (κ2) is 8.36. The van der Waals surface area contributed by atoms with Crippen LogP contribution >= 0.6 is 23.8 Å². The summed E-state index contributed by atoms with van der Waals surface area (Å²) in [7, 11) is 0. The zero-order valence-corrected chi connectivity index (χ0v) is 13.4. The maximum absolute atomic E-state index is 11.8. The number of benzene rings is 2. The van der Waals surface area contributed by atoms with Crippen molar-refractivity contribution in [3.05, 3.63) is 70.7 Å². The summed E-state index contributed by atoms with van der Waals surface area (Å²) in [5.41, 5.74) is 6.95. The number of rotatable bonds is 4. The van der Waals surface area contributed by atoms with Gasteiger partial charge in [-0.3, -0.25) is 15.6 Å². The molecule has 6 heteroatoms. The van der Waals surface area contributed by atoms with Gasteiger partial charge in [-0.1, -0.05) is 41.9 Å². The van der Waals surface area contributed by atoms with Crippen LogP contribution in [-0.2, 0) is 6.42 Å². The van der Waals surface area contributed by atoms with Gasteiger partial charge in [-0.15, -0.1) is 0 Å². The van der Waals surface area contributed by atoms with Crippen LogP contribution in [0.5, 0.6) is 0 Å². The summed E-state index contributed by atoms with van der Waals surface area (Å²) in [5.74, 6) is -0.234. The predicted molar refractivity (Wildman–Crippen MR) is 92.8 cm³/mol. The molecule has 0 bridgehead atoms. The third-order valence-electron chi connectivity index (χ3n) is 2.94. The molecule has 0 aliphatic rings. The van der Waals surface area contributed by atoms with E-state index in [2.05, 4.69) is 16.2 Å². The predicted octanol–water partition coefficient (Wildman–Crippen LogP) is 2.69. The van der Waals surface area contributed by atoms with Crippen molar-refractivity contribution in [3.8, 4) is 0 Å². The number of halogens is 1. The van der Waals surface area contributed by atoms with Gasteiger partial charge in [-0.2, -0.15) is 0 Å². The number of hydrazine groups is 1. The molecule has 0 aromatic heterocycles. The Bertz CT molecular complexity index is 632. The Hall–Kier alpha value is -2.11. The topological polar surface area (TPSA) is 53.2 Å². The molecular weight excluding hydrogens is 318 g/mol. The van der Waals surface area contributed by atoms with Gasteiger partial charge in [0.05, 0.1) is 0 Å². The first-order chi connectivity index (χ1) is 10.6. The van der Waals surface area contributed by atoms with Crippen molar-refractivity contribution < 1.29 is 4.79 Å². The van der Waals surface area contributed by atoms with Crippen LogP contribution in [0.1, 0.15) is 15.9 Å². The zero-order chi connectivity index (χ0) is 15.8. The summed E-state index contributed by atoms with van der Waals surface area (Å²) < 4.78 is 0. The first kappa shape index (κ1) is 16.3. The fraction of sp³-hybridized carbons (Fsp3) is 0.125. The molecule has 0 saturated carbocycles. The Morgan fingerprint density at radius 3 is 2.36 bits per heavy atom. The lowest BCUT2D eigenvalue weighted by Crippen LogP contribution is -2.47. The second-order valence-electron chi connectivity index (χ2n) is 4.58. The normalized spacial score (nSPS) is 9.86. The standard InChI is InChI=1S/C16H16ClN3OS/c17-14-8-6-12(7-9-14)10-11-18-16(22)20-19-15(21)13-4-2-1-3-5-13/h1-9H,10-11H2,(H,19,21)(H2,18,20,22). The van der Waals surface area contributed by atoms with Gasteiger partial charge < -0.3 is 5.32 Å². The lowest BCUT2D eigenvalue weighted by atomic mass is 10.1. The van der Waals surface area contributed by atoms with E-state index in [0.29, 0.717) is 17.2 Å². The van der Waals surface area contributed by atoms with E-state index in [1.165, 1.54) is 0 Å². The molecule has 0 spiro atoms. The summed E-state index contributed by atoms with van der Waals surface area (Å²) in [6.45, 7) is 0.661. The van der Waals surface area contributed by atoms with Crippen LogP contribution in [0.3, 0.4) is 0 Å². The highest BCUT2D eigenvalue weighted by atomic mass is 35.5. The van der Waals surface area contributed by atoms with E-state index in [1.54, 1.807) is 24.3 Å². The lowest BCUT2D eigenvalue weighted by Gasteiger charge is -2.11. The van der Waals surface area contributed by atoms with Gasteiger partial charge in [0.15, 0.2) is 5.11 Å². The van der Waals surface area contributed by atoms with E-state index in [1.807, 2.05) is 30.3 Å². The third-order valence-corrected chi connectivity index (χ3v) is 3.44. The molecule has 114 valence electrons. The highest BCUT2D eigenvalue weighted by Crippen LogP contribution is 2.09. The van der Waals surface area contributed by atoms with E-state index >= 15 is 0 Å². The Labute approximate surface area is 139 Å². The van der Waals surface area contributed by atoms with Crippen molar-refractivity contribution in [3.63, 3.8) is 0 Å². The molecule has 2 aromatic carbocycles. The average Bonchev–Trinajstić information content (AvgIpc) is 2.55. The Kier molecular flexibility index (Phi) is 6.18. The minimum atomic E-state index is -0.234. The molecule has 0 atom stereocenters. The average molecular weight is 334 g/mol. The van der Waals surface area contributed by atoms with E-state index < -0.39 is 0 Å². The van der Waals surface area contributed by atoms with Crippen LogP contribution in [0.2, 0.25) is 5.02 Å². The van der Waals surface area contributed by atoms with Gasteiger partial charge in [-0.25, -0.2) is 0 Å². The van der Waals surface area contributed by atoms with E-state index in [0.717, 1.165) is 17.0 Å². The Morgan fingerprint density at radius 2 is 1.68 bits per heavy atom. The van der Waals surface area contributed by atoms with Crippen LogP contribution < -0.4 is 16.2 Å². The van der Waals surface area contributed by atoms with Gasteiger partial charge in [0.2, 0.25) is 0 Å². The van der Waals surface area contributed by atoms with E-state index in [9.17, 15) is 4.79 Å². The van der Waals surface area contributed by atoms with Crippen LogP contribution in [-0.4, -0.2) is 17.6 Å². The van der Waals surface area contributed by atoms with Gasteiger partial charge in [-0.05, 0) is 48.5 Å². The van der Waals surface area contributed by atoms with Crippen LogP contribution in [0.15, 0.2) is 54.6 Å². The molecule has 1 amide bonds. The van der Waals surface area contributed by atoms with E-state index in [-0.39, 0.29) is 5.91 Å². The number of carbonyl (C=O) groups excluding carboxylic acids is 1. The molecule has 0 unspecified atom stereocenters. The molecule has 22 heavy (non-hydrogen) atoms. The highest BCUT2D eigenvalue weighted by molar-refractivity contribution is 7.80. The number of thiocarbonyl (C=S) groups is 1. The lowest BCUT2D eigenvalue weighted by molar-refractivity contribution is 0.0943. The first-order valence-corrected chi connectivity index (χ1v) is 7.57. The third kappa shape index (κ3) is 5.35. The monoisotopic (exact) mass is 333 g/mol. The van der Waals surface area contributed by atoms with Crippen LogP contribution in [0, 0.1) is 0 Å². The molecule has 2 rings (SSSR count). The summed E-state index contributed by atoms with van der Waals surface area (Å²) >= 11 is 10.9. The minimum absolute atomic E-state index is 0.234. The number of nitrogens with one attached hydrogen (secondary N) is 3. The number of hydrogen-bond donors (Lipinski definition) is 3. The quantitative estimate of drug-likeness (QED) is 0.595. The summed E-state index contributed by atoms with van der Waals surface area (Å²) in [6.07, 6.45) is 0.811. The van der Waals surface area contributed by atoms with Gasteiger partial charge in [0.1, 0.15) is 0 Å². The summed E-state index contributed by atoms with van der Waals surface area (Å²) in [6, 6.07) is 16.6. The van der Waals surface area contributed by atoms with Crippen LogP contribution in [0.25, 0.3) is 0 Å². The molecule has 0 radical (unpaired) electrons. The van der Waals surface area contributed by atoms with Crippen LogP contribution in [0.4, 0.5) is 0 Å². The smallest absolute Gasteiger partial charge is 0.269 e. The highest BCUT2D eigenvalue weighted by Gasteiger charge is 2.04. The molecular formula is C16H16ClN3OS. The van der Waals surface area contributed by atoms with Crippen molar-refractivity contribution in [1.82, 2.24) is 16.2 Å². The number of carbonyl (C=O) groups is 1. The summed E-state index contributed by atoms with van der Waals surface area (Å²) in [5, 5.41) is 4.12. The first-order valence-electron chi connectivity index (χ1n) is 6.79. The molecule has 0 aliphatic carbocycles. The Morgan fingerprint density at radius 1 is 1.00 bits per heavy atom. The minimum Gasteiger partial charge on any atom is -0.361 e. The van der Waals surface area contributed by atoms with Crippen molar-refractivity contribution in [2.45, 2.75) is 6.42 Å². The zero-order valence-electron chi connectivity index (χ0n) is 11.8. The number of amides is 1. The molecule has 0 saturated heterocycles. The largest absolute Gasteiger partial charge is 0.361 e. The van der Waals surface area contributed by atoms with Crippen molar-refractivity contribution in [1.29, 1.82) is 0 Å².